The number of para-hydroxylation sites is 3. The molecule has 3 rings (SSSR count). The molecule has 1 heterocycles. The van der Waals surface area contributed by atoms with E-state index in [2.05, 4.69) is 56.6 Å². The molecule has 1 aliphatic rings. The molecule has 0 radical (unpaired) electrons. The lowest BCUT2D eigenvalue weighted by Crippen LogP contribution is -2.25. The third kappa shape index (κ3) is 2.96. The summed E-state index contributed by atoms with van der Waals surface area (Å²) >= 11 is 5.25. The second-order valence-electron chi connectivity index (χ2n) is 4.58. The molecule has 0 aliphatic carbocycles. The van der Waals surface area contributed by atoms with Gasteiger partial charge in [0.25, 0.3) is 0 Å². The van der Waals surface area contributed by atoms with Gasteiger partial charge in [-0.25, -0.2) is 0 Å². The third-order valence-corrected chi connectivity index (χ3v) is 4.88. The van der Waals surface area contributed by atoms with Crippen molar-refractivity contribution in [2.75, 3.05) is 9.64 Å². The van der Waals surface area contributed by atoms with Gasteiger partial charge in [-0.15, -0.1) is 0 Å². The van der Waals surface area contributed by atoms with Crippen molar-refractivity contribution in [1.82, 2.24) is 0 Å². The number of rotatable bonds is 4. The molecule has 104 valence electrons. The van der Waals surface area contributed by atoms with Crippen LogP contribution in [0.25, 0.3) is 0 Å². The van der Waals surface area contributed by atoms with E-state index in [9.17, 15) is 0 Å². The van der Waals surface area contributed by atoms with Crippen molar-refractivity contribution in [3.8, 4) is 5.75 Å². The van der Waals surface area contributed by atoms with Gasteiger partial charge in [0.05, 0.1) is 11.4 Å². The first-order valence-corrected chi connectivity index (χ1v) is 8.68. The summed E-state index contributed by atoms with van der Waals surface area (Å²) in [6, 6.07) is 18.7. The van der Waals surface area contributed by atoms with Gasteiger partial charge in [-0.05, 0) is 37.1 Å². The number of hydrogen-bond donors (Lipinski definition) is 0. The number of hydrogen-bond acceptors (Lipinski definition) is 3. The van der Waals surface area contributed by atoms with Gasteiger partial charge in [-0.2, -0.15) is 0 Å². The van der Waals surface area contributed by atoms with E-state index in [1.165, 1.54) is 5.69 Å². The first-order valence-electron chi connectivity index (χ1n) is 6.72. The number of anilines is 2. The SMILES string of the molecule is BrCCCC1Oc2ccccc2N(c2ccccc2)S1. The van der Waals surface area contributed by atoms with Gasteiger partial charge in [0, 0.05) is 17.3 Å². The molecule has 2 aromatic carbocycles. The number of nitrogens with zero attached hydrogens (tertiary/aromatic N) is 1. The van der Waals surface area contributed by atoms with E-state index in [0.717, 1.165) is 29.6 Å². The molecule has 20 heavy (non-hydrogen) atoms. The second-order valence-corrected chi connectivity index (χ2v) is 6.48. The molecule has 1 aliphatic heterocycles. The minimum Gasteiger partial charge on any atom is -0.476 e. The quantitative estimate of drug-likeness (QED) is 0.544. The van der Waals surface area contributed by atoms with Gasteiger partial charge < -0.3 is 4.74 Å². The van der Waals surface area contributed by atoms with Crippen LogP contribution in [0.5, 0.6) is 5.75 Å². The van der Waals surface area contributed by atoms with Crippen molar-refractivity contribution >= 4 is 39.3 Å². The molecule has 0 saturated carbocycles. The molecular weight excluding hydrogens is 334 g/mol. The predicted molar refractivity (Wildman–Crippen MR) is 90.1 cm³/mol. The van der Waals surface area contributed by atoms with Crippen molar-refractivity contribution in [1.29, 1.82) is 0 Å². The molecule has 0 bridgehead atoms. The van der Waals surface area contributed by atoms with Crippen LogP contribution >= 0.6 is 27.9 Å². The van der Waals surface area contributed by atoms with Crippen LogP contribution < -0.4 is 9.04 Å². The van der Waals surface area contributed by atoms with Crippen LogP contribution in [0.2, 0.25) is 0 Å². The minimum absolute atomic E-state index is 0.169. The van der Waals surface area contributed by atoms with E-state index in [1.54, 1.807) is 11.9 Å². The molecule has 0 saturated heterocycles. The summed E-state index contributed by atoms with van der Waals surface area (Å²) in [6.07, 6.45) is 2.15. The molecule has 1 unspecified atom stereocenters. The Balaban J connectivity index is 1.91. The molecule has 0 aromatic heterocycles. The Morgan fingerprint density at radius 2 is 1.80 bits per heavy atom. The van der Waals surface area contributed by atoms with E-state index >= 15 is 0 Å². The summed E-state index contributed by atoms with van der Waals surface area (Å²) in [5, 5.41) is 1.01. The number of fused-ring (bicyclic) bond motifs is 1. The maximum atomic E-state index is 6.09. The Labute approximate surface area is 132 Å². The van der Waals surface area contributed by atoms with Gasteiger partial charge in [-0.1, -0.05) is 46.3 Å². The van der Waals surface area contributed by atoms with Crippen molar-refractivity contribution in [3.63, 3.8) is 0 Å². The fraction of sp³-hybridized carbons (Fsp3) is 0.250. The Kier molecular flexibility index (Phi) is 4.53. The molecule has 0 spiro atoms. The number of ether oxygens (including phenoxy) is 1. The average molecular weight is 350 g/mol. The molecule has 4 heteroatoms. The summed E-state index contributed by atoms with van der Waals surface area (Å²) in [5.74, 6) is 0.967. The summed E-state index contributed by atoms with van der Waals surface area (Å²) in [5.41, 5.74) is 2.48. The largest absolute Gasteiger partial charge is 0.476 e. The highest BCUT2D eigenvalue weighted by atomic mass is 79.9. The van der Waals surface area contributed by atoms with Gasteiger partial charge in [0.2, 0.25) is 0 Å². The highest BCUT2D eigenvalue weighted by molar-refractivity contribution is 9.09. The molecule has 1 atom stereocenters. The number of halogens is 1. The van der Waals surface area contributed by atoms with E-state index in [4.69, 9.17) is 4.74 Å². The summed E-state index contributed by atoms with van der Waals surface area (Å²) < 4.78 is 8.36. The van der Waals surface area contributed by atoms with Crippen LogP contribution in [0.15, 0.2) is 54.6 Å². The fourth-order valence-corrected chi connectivity index (χ4v) is 3.67. The predicted octanol–water partition coefficient (Wildman–Crippen LogP) is 5.37. The van der Waals surface area contributed by atoms with E-state index < -0.39 is 0 Å². The molecule has 0 fully saturated rings. The fourth-order valence-electron chi connectivity index (χ4n) is 2.18. The Morgan fingerprint density at radius 3 is 2.60 bits per heavy atom. The van der Waals surface area contributed by atoms with Crippen molar-refractivity contribution < 1.29 is 4.74 Å². The molecule has 0 amide bonds. The van der Waals surface area contributed by atoms with Gasteiger partial charge in [0.1, 0.15) is 5.75 Å². The lowest BCUT2D eigenvalue weighted by Gasteiger charge is -2.34. The summed E-state index contributed by atoms with van der Waals surface area (Å²) in [6.45, 7) is 0. The van der Waals surface area contributed by atoms with Crippen molar-refractivity contribution in [3.05, 3.63) is 54.6 Å². The summed E-state index contributed by atoms with van der Waals surface area (Å²) in [7, 11) is 0. The van der Waals surface area contributed by atoms with Gasteiger partial charge in [0.15, 0.2) is 5.44 Å². The molecular formula is C16H16BrNOS. The highest BCUT2D eigenvalue weighted by Crippen LogP contribution is 2.45. The van der Waals surface area contributed by atoms with Crippen LogP contribution in [0.4, 0.5) is 11.4 Å². The Hall–Kier alpha value is -1.13. The maximum Gasteiger partial charge on any atom is 0.163 e. The van der Waals surface area contributed by atoms with Crippen molar-refractivity contribution in [2.45, 2.75) is 18.3 Å². The zero-order chi connectivity index (χ0) is 13.8. The Morgan fingerprint density at radius 1 is 1.05 bits per heavy atom. The zero-order valence-corrected chi connectivity index (χ0v) is 13.4. The lowest BCUT2D eigenvalue weighted by molar-refractivity contribution is 0.273. The van der Waals surface area contributed by atoms with E-state index in [-0.39, 0.29) is 5.44 Å². The highest BCUT2D eigenvalue weighted by Gasteiger charge is 2.27. The Bertz CT molecular complexity index is 563. The summed E-state index contributed by atoms with van der Waals surface area (Å²) in [4.78, 5) is 0. The van der Waals surface area contributed by atoms with E-state index in [0.29, 0.717) is 0 Å². The maximum absolute atomic E-state index is 6.09. The van der Waals surface area contributed by atoms with Gasteiger partial charge >= 0.3 is 0 Å². The van der Waals surface area contributed by atoms with E-state index in [1.807, 2.05) is 18.2 Å². The normalized spacial score (nSPS) is 17.4. The zero-order valence-electron chi connectivity index (χ0n) is 11.0. The van der Waals surface area contributed by atoms with Gasteiger partial charge in [-0.3, -0.25) is 4.31 Å². The van der Waals surface area contributed by atoms with Crippen molar-refractivity contribution in [2.24, 2.45) is 0 Å². The van der Waals surface area contributed by atoms with Crippen LogP contribution in [0, 0.1) is 0 Å². The smallest absolute Gasteiger partial charge is 0.163 e. The lowest BCUT2D eigenvalue weighted by atomic mass is 10.2. The second kappa shape index (κ2) is 6.55. The molecule has 2 nitrogen and oxygen atoms in total. The van der Waals surface area contributed by atoms with Crippen LogP contribution in [-0.2, 0) is 0 Å². The topological polar surface area (TPSA) is 12.5 Å². The first kappa shape index (κ1) is 13.8. The monoisotopic (exact) mass is 349 g/mol. The van der Waals surface area contributed by atoms with Crippen LogP contribution in [-0.4, -0.2) is 10.8 Å². The number of benzene rings is 2. The molecule has 2 aromatic rings. The standard InChI is InChI=1S/C16H16BrNOS/c17-12-6-11-16-19-15-10-5-4-9-14(15)18(20-16)13-7-2-1-3-8-13/h1-5,7-10,16H,6,11-12H2. The third-order valence-electron chi connectivity index (χ3n) is 3.13. The average Bonchev–Trinajstić information content (AvgIpc) is 2.53. The minimum atomic E-state index is 0.169. The van der Waals surface area contributed by atoms with Crippen LogP contribution in [0.1, 0.15) is 12.8 Å². The molecule has 0 N–H and O–H groups in total. The number of alkyl halides is 1. The first-order chi connectivity index (χ1) is 9.88. The van der Waals surface area contributed by atoms with Crippen LogP contribution in [0.3, 0.4) is 0 Å².